The molecule has 0 fully saturated rings. The van der Waals surface area contributed by atoms with Gasteiger partial charge in [0.25, 0.3) is 0 Å². The standard InChI is InChI=1S/C19H19N/c1-15-8-3-4-9-17(15)11-7-13-20-16(2)14-18-10-5-6-12-19(18)20/h3-6,8-10,12,16H,13-14H2,1-2H3. The van der Waals surface area contributed by atoms with Gasteiger partial charge in [-0.25, -0.2) is 0 Å². The van der Waals surface area contributed by atoms with Gasteiger partial charge < -0.3 is 4.90 Å². The van der Waals surface area contributed by atoms with Crippen LogP contribution in [0.5, 0.6) is 0 Å². The van der Waals surface area contributed by atoms with E-state index in [0.717, 1.165) is 18.5 Å². The number of aryl methyl sites for hydroxylation is 1. The molecule has 2 aromatic rings. The summed E-state index contributed by atoms with van der Waals surface area (Å²) >= 11 is 0. The molecule has 0 radical (unpaired) electrons. The molecule has 0 saturated heterocycles. The zero-order valence-corrected chi connectivity index (χ0v) is 12.1. The summed E-state index contributed by atoms with van der Waals surface area (Å²) < 4.78 is 0. The van der Waals surface area contributed by atoms with Gasteiger partial charge >= 0.3 is 0 Å². The predicted octanol–water partition coefficient (Wildman–Crippen LogP) is 3.80. The first-order valence-corrected chi connectivity index (χ1v) is 7.15. The van der Waals surface area contributed by atoms with E-state index in [1.165, 1.54) is 16.8 Å². The largest absolute Gasteiger partial charge is 0.357 e. The fourth-order valence-corrected chi connectivity index (χ4v) is 2.80. The third-order valence-electron chi connectivity index (χ3n) is 3.97. The highest BCUT2D eigenvalue weighted by Crippen LogP contribution is 2.31. The minimum Gasteiger partial charge on any atom is -0.357 e. The molecule has 20 heavy (non-hydrogen) atoms. The molecular weight excluding hydrogens is 242 g/mol. The molecule has 100 valence electrons. The van der Waals surface area contributed by atoms with Crippen LogP contribution in [0.15, 0.2) is 48.5 Å². The van der Waals surface area contributed by atoms with E-state index in [0.29, 0.717) is 6.04 Å². The smallest absolute Gasteiger partial charge is 0.0801 e. The van der Waals surface area contributed by atoms with Crippen LogP contribution in [0, 0.1) is 18.8 Å². The van der Waals surface area contributed by atoms with Crippen molar-refractivity contribution < 1.29 is 0 Å². The van der Waals surface area contributed by atoms with E-state index >= 15 is 0 Å². The van der Waals surface area contributed by atoms with Gasteiger partial charge in [-0.05, 0) is 43.5 Å². The van der Waals surface area contributed by atoms with E-state index < -0.39 is 0 Å². The number of hydrogen-bond donors (Lipinski definition) is 0. The van der Waals surface area contributed by atoms with Crippen molar-refractivity contribution in [3.8, 4) is 11.8 Å². The third-order valence-corrected chi connectivity index (χ3v) is 3.97. The van der Waals surface area contributed by atoms with Crippen molar-refractivity contribution in [1.82, 2.24) is 0 Å². The molecule has 0 aliphatic carbocycles. The zero-order chi connectivity index (χ0) is 13.9. The Kier molecular flexibility index (Phi) is 3.48. The second kappa shape index (κ2) is 5.43. The second-order valence-corrected chi connectivity index (χ2v) is 5.43. The van der Waals surface area contributed by atoms with Crippen molar-refractivity contribution >= 4 is 5.69 Å². The summed E-state index contributed by atoms with van der Waals surface area (Å²) in [4.78, 5) is 2.40. The minimum atomic E-state index is 0.540. The predicted molar refractivity (Wildman–Crippen MR) is 85.0 cm³/mol. The summed E-state index contributed by atoms with van der Waals surface area (Å²) in [5.41, 5.74) is 5.17. The summed E-state index contributed by atoms with van der Waals surface area (Å²) in [5.74, 6) is 6.63. The van der Waals surface area contributed by atoms with Crippen molar-refractivity contribution in [2.75, 3.05) is 11.4 Å². The van der Waals surface area contributed by atoms with Gasteiger partial charge in [-0.1, -0.05) is 48.2 Å². The number of hydrogen-bond acceptors (Lipinski definition) is 1. The Morgan fingerprint density at radius 3 is 2.70 bits per heavy atom. The maximum absolute atomic E-state index is 3.33. The average Bonchev–Trinajstić information content (AvgIpc) is 2.77. The van der Waals surface area contributed by atoms with Crippen LogP contribution >= 0.6 is 0 Å². The van der Waals surface area contributed by atoms with E-state index in [-0.39, 0.29) is 0 Å². The summed E-state index contributed by atoms with van der Waals surface area (Å²) in [5, 5.41) is 0. The topological polar surface area (TPSA) is 3.24 Å². The number of para-hydroxylation sites is 1. The summed E-state index contributed by atoms with van der Waals surface area (Å²) in [7, 11) is 0. The van der Waals surface area contributed by atoms with Gasteiger partial charge in [0.05, 0.1) is 6.54 Å². The third kappa shape index (κ3) is 2.42. The summed E-state index contributed by atoms with van der Waals surface area (Å²) in [6, 6.07) is 17.5. The van der Waals surface area contributed by atoms with Crippen LogP contribution in [0.2, 0.25) is 0 Å². The Morgan fingerprint density at radius 2 is 1.85 bits per heavy atom. The Morgan fingerprint density at radius 1 is 1.10 bits per heavy atom. The van der Waals surface area contributed by atoms with Gasteiger partial charge in [-0.15, -0.1) is 0 Å². The fourth-order valence-electron chi connectivity index (χ4n) is 2.80. The van der Waals surface area contributed by atoms with Gasteiger partial charge in [0, 0.05) is 17.3 Å². The van der Waals surface area contributed by atoms with Gasteiger partial charge in [-0.3, -0.25) is 0 Å². The Balaban J connectivity index is 1.79. The molecule has 1 heterocycles. The van der Waals surface area contributed by atoms with Crippen molar-refractivity contribution in [2.24, 2.45) is 0 Å². The maximum Gasteiger partial charge on any atom is 0.0801 e. The van der Waals surface area contributed by atoms with Gasteiger partial charge in [0.15, 0.2) is 0 Å². The average molecular weight is 261 g/mol. The Bertz CT molecular complexity index is 675. The van der Waals surface area contributed by atoms with E-state index in [1.807, 2.05) is 6.07 Å². The molecule has 1 unspecified atom stereocenters. The van der Waals surface area contributed by atoms with Crippen molar-refractivity contribution in [2.45, 2.75) is 26.3 Å². The van der Waals surface area contributed by atoms with Crippen LogP contribution in [0.4, 0.5) is 5.69 Å². The van der Waals surface area contributed by atoms with Crippen LogP contribution in [0.1, 0.15) is 23.6 Å². The normalized spacial score (nSPS) is 16.5. The zero-order valence-electron chi connectivity index (χ0n) is 12.1. The molecule has 0 aromatic heterocycles. The lowest BCUT2D eigenvalue weighted by Crippen LogP contribution is -2.29. The Labute approximate surface area is 121 Å². The first kappa shape index (κ1) is 12.8. The molecule has 0 spiro atoms. The first-order chi connectivity index (χ1) is 9.75. The highest BCUT2D eigenvalue weighted by molar-refractivity contribution is 5.60. The van der Waals surface area contributed by atoms with Crippen LogP contribution in [0.3, 0.4) is 0 Å². The molecule has 0 amide bonds. The summed E-state index contributed by atoms with van der Waals surface area (Å²) in [6.07, 6.45) is 1.13. The van der Waals surface area contributed by atoms with Crippen LogP contribution in [-0.2, 0) is 6.42 Å². The molecule has 1 heteroatoms. The van der Waals surface area contributed by atoms with Crippen molar-refractivity contribution in [1.29, 1.82) is 0 Å². The van der Waals surface area contributed by atoms with E-state index in [2.05, 4.69) is 73.1 Å². The summed E-state index contributed by atoms with van der Waals surface area (Å²) in [6.45, 7) is 5.18. The highest BCUT2D eigenvalue weighted by Gasteiger charge is 2.24. The van der Waals surface area contributed by atoms with Gasteiger partial charge in [-0.2, -0.15) is 0 Å². The number of rotatable bonds is 1. The van der Waals surface area contributed by atoms with Gasteiger partial charge in [0.2, 0.25) is 0 Å². The lowest BCUT2D eigenvalue weighted by molar-refractivity contribution is 0.711. The maximum atomic E-state index is 3.33. The molecule has 1 aliphatic heterocycles. The molecule has 1 atom stereocenters. The molecule has 2 aromatic carbocycles. The van der Waals surface area contributed by atoms with Crippen LogP contribution in [0.25, 0.3) is 0 Å². The number of fused-ring (bicyclic) bond motifs is 1. The molecule has 1 nitrogen and oxygen atoms in total. The molecule has 0 N–H and O–H groups in total. The van der Waals surface area contributed by atoms with Crippen molar-refractivity contribution in [3.63, 3.8) is 0 Å². The monoisotopic (exact) mass is 261 g/mol. The fraction of sp³-hybridized carbons (Fsp3) is 0.263. The van der Waals surface area contributed by atoms with Crippen LogP contribution in [-0.4, -0.2) is 12.6 Å². The molecule has 3 rings (SSSR count). The van der Waals surface area contributed by atoms with E-state index in [9.17, 15) is 0 Å². The minimum absolute atomic E-state index is 0.540. The molecule has 1 aliphatic rings. The lowest BCUT2D eigenvalue weighted by Gasteiger charge is -2.21. The quantitative estimate of drug-likeness (QED) is 0.706. The molecule has 0 saturated carbocycles. The van der Waals surface area contributed by atoms with E-state index in [4.69, 9.17) is 0 Å². The highest BCUT2D eigenvalue weighted by atomic mass is 15.2. The number of nitrogens with zero attached hydrogens (tertiary/aromatic N) is 1. The SMILES string of the molecule is Cc1ccccc1C#CCN1c2ccccc2CC1C. The van der Waals surface area contributed by atoms with E-state index in [1.54, 1.807) is 0 Å². The van der Waals surface area contributed by atoms with Crippen LogP contribution < -0.4 is 4.90 Å². The number of anilines is 1. The first-order valence-electron chi connectivity index (χ1n) is 7.15. The Hall–Kier alpha value is -2.20. The second-order valence-electron chi connectivity index (χ2n) is 5.43. The molecule has 0 bridgehead atoms. The number of benzene rings is 2. The van der Waals surface area contributed by atoms with Crippen molar-refractivity contribution in [3.05, 3.63) is 65.2 Å². The lowest BCUT2D eigenvalue weighted by atomic mass is 10.1. The molecular formula is C19H19N. The van der Waals surface area contributed by atoms with Gasteiger partial charge in [0.1, 0.15) is 0 Å².